The summed E-state index contributed by atoms with van der Waals surface area (Å²) in [4.78, 5) is 63.4. The Morgan fingerprint density at radius 2 is 0.952 bits per heavy atom. The molecule has 1 saturated heterocycles. The van der Waals surface area contributed by atoms with Crippen LogP contribution in [0.1, 0.15) is 119 Å². The average Bonchev–Trinajstić information content (AvgIpc) is 1.61. The Labute approximate surface area is 743 Å². The minimum absolute atomic E-state index is 0.0371. The topological polar surface area (TPSA) is 207 Å². The lowest BCUT2D eigenvalue weighted by atomic mass is 9.77. The number of nitrogens with two attached hydrogens (primary N) is 1. The number of alkyl halides is 1. The molecule has 3 amide bonds. The summed E-state index contributed by atoms with van der Waals surface area (Å²) in [5.41, 5.74) is 15.9. The Morgan fingerprint density at radius 3 is 1.36 bits per heavy atom. The highest BCUT2D eigenvalue weighted by Crippen LogP contribution is 2.40. The quantitative estimate of drug-likeness (QED) is 0.0239. The van der Waals surface area contributed by atoms with Gasteiger partial charge in [0.05, 0.1) is 59.6 Å². The van der Waals surface area contributed by atoms with Crippen LogP contribution >= 0.6 is 54.5 Å². The van der Waals surface area contributed by atoms with Crippen molar-refractivity contribution in [2.75, 3.05) is 24.1 Å². The molecule has 3 aliphatic carbocycles. The van der Waals surface area contributed by atoms with Crippen molar-refractivity contribution >= 4 is 130 Å². The van der Waals surface area contributed by atoms with Gasteiger partial charge in [-0.05, 0) is 183 Å². The first-order valence-electron chi connectivity index (χ1n) is 40.2. The molecule has 4 aromatic heterocycles. The number of amides is 3. The summed E-state index contributed by atoms with van der Waals surface area (Å²) in [6.45, 7) is 16.2. The summed E-state index contributed by atoms with van der Waals surface area (Å²) in [7, 11) is 5.21. The van der Waals surface area contributed by atoms with Crippen molar-refractivity contribution in [1.29, 1.82) is 0 Å². The molecule has 0 radical (unpaired) electrons. The van der Waals surface area contributed by atoms with Gasteiger partial charge in [-0.15, -0.1) is 0 Å². The minimum atomic E-state index is -0.656. The summed E-state index contributed by atoms with van der Waals surface area (Å²) < 4.78 is 139. The number of fused-ring (bicyclic) bond motifs is 4. The number of aldehydes is 1. The van der Waals surface area contributed by atoms with E-state index in [0.29, 0.717) is 94.3 Å². The second-order valence-electron chi connectivity index (χ2n) is 31.1. The summed E-state index contributed by atoms with van der Waals surface area (Å²) >= 11 is 8.34. The van der Waals surface area contributed by atoms with Crippen LogP contribution in [0, 0.1) is 46.5 Å². The Hall–Kier alpha value is -10.7. The molecule has 646 valence electrons. The van der Waals surface area contributed by atoms with E-state index in [2.05, 4.69) is 104 Å². The first-order valence-corrected chi connectivity index (χ1v) is 43.3. The Morgan fingerprint density at radius 1 is 0.548 bits per heavy atom. The van der Waals surface area contributed by atoms with Crippen LogP contribution in [0.15, 0.2) is 213 Å². The lowest BCUT2D eigenvalue weighted by Crippen LogP contribution is -2.41. The van der Waals surface area contributed by atoms with Crippen LogP contribution < -0.4 is 11.2 Å². The largest absolute Gasteiger partial charge is 0.495 e. The molecule has 31 heteroatoms. The van der Waals surface area contributed by atoms with E-state index in [4.69, 9.17) is 19.8 Å². The molecule has 124 heavy (non-hydrogen) atoms. The number of halogens is 11. The summed E-state index contributed by atoms with van der Waals surface area (Å²) in [6, 6.07) is 29.1. The van der Waals surface area contributed by atoms with Crippen LogP contribution in [0.5, 0.6) is 0 Å². The molecule has 1 fully saturated rings. The lowest BCUT2D eigenvalue weighted by Gasteiger charge is -2.32. The van der Waals surface area contributed by atoms with E-state index in [-0.39, 0.29) is 90.4 Å². The molecule has 18 rings (SSSR count). The van der Waals surface area contributed by atoms with Crippen molar-refractivity contribution in [2.24, 2.45) is 26.9 Å². The van der Waals surface area contributed by atoms with Crippen LogP contribution in [-0.4, -0.2) is 121 Å². The van der Waals surface area contributed by atoms with Gasteiger partial charge in [-0.25, -0.2) is 39.9 Å². The number of esters is 1. The number of aryl methyl sites for hydroxylation is 4. The van der Waals surface area contributed by atoms with Gasteiger partial charge in [0.1, 0.15) is 52.2 Å². The number of ether oxygens (including phenoxy) is 1. The molecule has 7 aromatic carbocycles. The monoisotopic (exact) mass is 1940 g/mol. The van der Waals surface area contributed by atoms with Crippen LogP contribution in [-0.2, 0) is 93.6 Å². The second kappa shape index (κ2) is 40.1. The third-order valence-corrected chi connectivity index (χ3v) is 23.9. The number of aromatic nitrogens is 7. The number of carbonyl (C=O) groups is 5. The molecule has 0 bridgehead atoms. The number of allylic oxidation sites excluding steroid dienone is 5. The van der Waals surface area contributed by atoms with Crippen molar-refractivity contribution in [2.45, 2.75) is 131 Å². The van der Waals surface area contributed by atoms with Gasteiger partial charge in [0.25, 0.3) is 17.7 Å². The maximum absolute atomic E-state index is 15.0. The predicted octanol–water partition coefficient (Wildman–Crippen LogP) is 19.2. The van der Waals surface area contributed by atoms with Crippen LogP contribution in [0.25, 0.3) is 55.0 Å². The van der Waals surface area contributed by atoms with Crippen molar-refractivity contribution in [3.8, 4) is 22.3 Å². The molecule has 0 saturated carbocycles. The number of benzene rings is 7. The van der Waals surface area contributed by atoms with Gasteiger partial charge < -0.3 is 39.0 Å². The maximum Gasteiger partial charge on any atom is 0.495 e. The van der Waals surface area contributed by atoms with Crippen molar-refractivity contribution in [3.63, 3.8) is 0 Å². The van der Waals surface area contributed by atoms with Gasteiger partial charge in [0.2, 0.25) is 0 Å². The van der Waals surface area contributed by atoms with E-state index < -0.39 is 46.5 Å². The van der Waals surface area contributed by atoms with Crippen LogP contribution in [0.2, 0.25) is 0 Å². The fourth-order valence-corrected chi connectivity index (χ4v) is 15.9. The number of carbonyl (C=O) groups excluding carboxylic acids is 5. The predicted molar refractivity (Wildman–Crippen MR) is 478 cm³/mol. The number of nitrogens with zero attached hydrogens (tertiary/aromatic N) is 10. The fraction of sp³-hybridized carbons (Fsp3) is 0.290. The summed E-state index contributed by atoms with van der Waals surface area (Å²) in [6.07, 6.45) is 23.3. The van der Waals surface area contributed by atoms with Crippen LogP contribution in [0.3, 0.4) is 0 Å². The van der Waals surface area contributed by atoms with Gasteiger partial charge in [0, 0.05) is 148 Å². The Bertz CT molecular complexity index is 6060. The summed E-state index contributed by atoms with van der Waals surface area (Å²) in [5, 5.41) is 15.9. The smallest absolute Gasteiger partial charge is 0.463 e. The van der Waals surface area contributed by atoms with Gasteiger partial charge in [-0.2, -0.15) is 15.3 Å². The number of hydrogen-bond donors (Lipinski definition) is 1. The molecule has 7 aliphatic rings. The number of hydrogen-bond acceptors (Lipinski definition) is 12. The summed E-state index contributed by atoms with van der Waals surface area (Å²) in [5.74, 6) is -5.93. The van der Waals surface area contributed by atoms with Crippen molar-refractivity contribution in [1.82, 2.24) is 48.6 Å². The van der Waals surface area contributed by atoms with E-state index >= 15 is 8.78 Å². The Balaban J connectivity index is 0.000000139. The van der Waals surface area contributed by atoms with Crippen LogP contribution in [0.4, 0.5) is 35.1 Å². The lowest BCUT2D eigenvalue weighted by molar-refractivity contribution is -0.138. The molecular weight excluding hydrogens is 1850 g/mol. The normalized spacial score (nSPS) is 15.5. The zero-order valence-electron chi connectivity index (χ0n) is 69.9. The minimum Gasteiger partial charge on any atom is -0.463 e. The zero-order chi connectivity index (χ0) is 89.3. The van der Waals surface area contributed by atoms with E-state index in [1.54, 1.807) is 28.4 Å². The highest BCUT2D eigenvalue weighted by atomic mass is 127. The van der Waals surface area contributed by atoms with E-state index in [9.17, 15) is 50.3 Å². The fourth-order valence-electron chi connectivity index (χ4n) is 15.0. The zero-order valence-corrected chi connectivity index (χ0v) is 75.2. The van der Waals surface area contributed by atoms with E-state index in [1.165, 1.54) is 74.1 Å². The van der Waals surface area contributed by atoms with Gasteiger partial charge >= 0.3 is 13.1 Å². The van der Waals surface area contributed by atoms with Crippen molar-refractivity contribution in [3.05, 3.63) is 293 Å². The molecule has 11 aromatic rings. The molecule has 4 aliphatic heterocycles. The van der Waals surface area contributed by atoms with Gasteiger partial charge in [-0.3, -0.25) is 33.2 Å². The van der Waals surface area contributed by atoms with Gasteiger partial charge in [-0.1, -0.05) is 141 Å². The molecule has 2 N–H and O–H groups in total. The number of rotatable bonds is 16. The molecule has 8 heterocycles. The first kappa shape index (κ1) is 92.5. The highest BCUT2D eigenvalue weighted by molar-refractivity contribution is 14.1. The molecule has 0 unspecified atom stereocenters. The third kappa shape index (κ3) is 20.6. The van der Waals surface area contributed by atoms with E-state index in [1.807, 2.05) is 147 Å². The standard InChI is InChI=1S/C24H22F2N4O.C22H17F2N3O.C14H19BN2O2.C14H10BrF2NO.C9H10O3.C7H6BrF2N.C3H7I/c1-3-8-29-9-7-15-12-30(24(31)23(15)29)14-19-20(25)10-16(11-21(19)26)17-5-4-6-22-18(17)13-28(2)27-22;1-26-11-17-15(5-3-7-21(17)25-26)14-8-19(23)18(20(24)9-14)12-27-10-13-4-2-6-16(13)22(27)28;1-13(2)14(3,4)19-15(18-13)11-7-6-8-12-10(11)9-17(5)16-12;15-9-4-12(16)11(13(17)5-9)7-18-6-8-2-1-3-10(8)14(18)19;1-2-12-9(11)8-5-3-4-7(8)6-10;8-4-1-6(9)5(3-11)7(10)2-4;1-2-3-4/h4-7,9-11,13H,3,8,12,14H2,1-2H3;2-5,7-9,11H,6,10,12H2,1H3;6-9H,1-5H3;1-2,4-5H,3,6-7H2;3-4,6H,2,5H2,1H3;1-2H,3,11H2;2-3H2,1H3. The first-order chi connectivity index (χ1) is 59.2. The maximum atomic E-state index is 15.0. The molecule has 0 atom stereocenters. The van der Waals surface area contributed by atoms with E-state index in [0.717, 1.165) is 84.6 Å². The SMILES string of the molecule is CCCI.CCCn1ccc2c1C(=O)N(Cc1c(F)cc(-c3cccc4nn(C)cc34)cc1F)C2.CCOC(=O)C1=C(C=O)C=CC1.Cn1cc2c(-c3cc(F)c(CN4CC5=C(CC=C5)C4=O)c(F)c3)cccc2n1.Cn1cc2c(B3OC(C)(C)C(C)(C)O3)cccc2n1.NCc1c(F)cc(Br)cc1F.O=C1C2=C(C=CC2)CN1Cc1c(F)cc(Br)cc1F. The molecule has 0 spiro atoms. The Kier molecular flexibility index (Phi) is 29.9. The third-order valence-electron chi connectivity index (χ3n) is 21.9. The average molecular weight is 1940 g/mol. The molecule has 19 nitrogen and oxygen atoms in total. The second-order valence-corrected chi connectivity index (χ2v) is 34.1. The highest BCUT2D eigenvalue weighted by Gasteiger charge is 2.52. The molecular formula is C93H91BBr2F8IN11O8. The van der Waals surface area contributed by atoms with Gasteiger partial charge in [0.15, 0.2) is 6.29 Å². The van der Waals surface area contributed by atoms with Crippen molar-refractivity contribution < 1.29 is 73.1 Å².